The van der Waals surface area contributed by atoms with E-state index < -0.39 is 34.1 Å². The smallest absolute Gasteiger partial charge is 0.396 e. The molecule has 3 rings (SSSR count). The molecule has 13 heteroatoms. The van der Waals surface area contributed by atoms with Crippen molar-refractivity contribution in [2.45, 2.75) is 19.5 Å². The molecule has 0 atom stereocenters. The molecule has 1 amide bonds. The SMILES string of the molecule is CC(=NC(=O)c1cccc(C(F)(F)F)c1Cl)c1nnn(-c2ncc(F)cn2)c1CCO. The molecule has 1 aromatic carbocycles. The summed E-state index contributed by atoms with van der Waals surface area (Å²) < 4.78 is 53.3. The molecule has 8 nitrogen and oxygen atoms in total. The summed E-state index contributed by atoms with van der Waals surface area (Å²) in [5.74, 6) is -1.73. The van der Waals surface area contributed by atoms with Gasteiger partial charge in [0.15, 0.2) is 5.82 Å². The number of aliphatic imine (C=N–C) groups is 1. The summed E-state index contributed by atoms with van der Waals surface area (Å²) in [6.45, 7) is 1.06. The van der Waals surface area contributed by atoms with Crippen LogP contribution in [0.4, 0.5) is 17.6 Å². The number of amides is 1. The highest BCUT2D eigenvalue weighted by Gasteiger charge is 2.34. The van der Waals surface area contributed by atoms with Crippen LogP contribution in [0.5, 0.6) is 0 Å². The van der Waals surface area contributed by atoms with E-state index in [4.69, 9.17) is 11.6 Å². The Morgan fingerprint density at radius 2 is 1.94 bits per heavy atom. The molecule has 2 heterocycles. The van der Waals surface area contributed by atoms with Crippen LogP contribution in [0.25, 0.3) is 5.95 Å². The Balaban J connectivity index is 2.00. The summed E-state index contributed by atoms with van der Waals surface area (Å²) in [6.07, 6.45) is -2.91. The minimum atomic E-state index is -4.74. The first-order valence-electron chi connectivity index (χ1n) is 8.62. The van der Waals surface area contributed by atoms with Crippen molar-refractivity contribution in [1.29, 1.82) is 0 Å². The van der Waals surface area contributed by atoms with Gasteiger partial charge in [-0.2, -0.15) is 17.9 Å². The number of aliphatic hydroxyl groups excluding tert-OH is 1. The lowest BCUT2D eigenvalue weighted by Crippen LogP contribution is -2.12. The van der Waals surface area contributed by atoms with Crippen molar-refractivity contribution in [2.75, 3.05) is 6.61 Å². The third-order valence-electron chi connectivity index (χ3n) is 4.05. The van der Waals surface area contributed by atoms with Gasteiger partial charge in [0.2, 0.25) is 0 Å². The molecular formula is C18H13ClF4N6O2. The van der Waals surface area contributed by atoms with Crippen LogP contribution in [0.1, 0.15) is 34.2 Å². The Hall–Kier alpha value is -3.25. The van der Waals surface area contributed by atoms with Crippen molar-refractivity contribution in [3.05, 3.63) is 63.9 Å². The first-order chi connectivity index (χ1) is 14.6. The third-order valence-corrected chi connectivity index (χ3v) is 4.46. The highest BCUT2D eigenvalue weighted by molar-refractivity contribution is 6.35. The molecule has 0 saturated carbocycles. The quantitative estimate of drug-likeness (QED) is 0.467. The van der Waals surface area contributed by atoms with Crippen molar-refractivity contribution in [2.24, 2.45) is 4.99 Å². The van der Waals surface area contributed by atoms with Crippen LogP contribution >= 0.6 is 11.6 Å². The van der Waals surface area contributed by atoms with Crippen LogP contribution in [-0.4, -0.2) is 48.3 Å². The summed E-state index contributed by atoms with van der Waals surface area (Å²) in [4.78, 5) is 23.9. The van der Waals surface area contributed by atoms with Crippen molar-refractivity contribution in [3.8, 4) is 5.95 Å². The number of aliphatic hydroxyl groups is 1. The van der Waals surface area contributed by atoms with E-state index in [2.05, 4.69) is 25.3 Å². The molecule has 0 unspecified atom stereocenters. The van der Waals surface area contributed by atoms with Crippen LogP contribution in [-0.2, 0) is 12.6 Å². The van der Waals surface area contributed by atoms with Gasteiger partial charge in [-0.25, -0.2) is 19.4 Å². The summed E-state index contributed by atoms with van der Waals surface area (Å²) in [7, 11) is 0. The molecule has 0 aliphatic rings. The average Bonchev–Trinajstić information content (AvgIpc) is 3.12. The van der Waals surface area contributed by atoms with Gasteiger partial charge in [-0.3, -0.25) is 4.79 Å². The topological polar surface area (TPSA) is 106 Å². The van der Waals surface area contributed by atoms with Crippen molar-refractivity contribution >= 4 is 23.2 Å². The van der Waals surface area contributed by atoms with Crippen LogP contribution in [0, 0.1) is 5.82 Å². The molecule has 162 valence electrons. The summed E-state index contributed by atoms with van der Waals surface area (Å²) in [5.41, 5.74) is -1.24. The van der Waals surface area contributed by atoms with Crippen molar-refractivity contribution in [1.82, 2.24) is 25.0 Å². The fourth-order valence-corrected chi connectivity index (χ4v) is 2.98. The fourth-order valence-electron chi connectivity index (χ4n) is 2.67. The lowest BCUT2D eigenvalue weighted by molar-refractivity contribution is -0.137. The third kappa shape index (κ3) is 4.75. The van der Waals surface area contributed by atoms with Crippen LogP contribution in [0.15, 0.2) is 35.6 Å². The van der Waals surface area contributed by atoms with Crippen molar-refractivity contribution < 1.29 is 27.5 Å². The van der Waals surface area contributed by atoms with Crippen LogP contribution in [0.2, 0.25) is 5.02 Å². The standard InChI is InChI=1S/C18H13ClF4N6O2/c1-9(26-16(31)11-3-2-4-12(14(11)19)18(21,22)23)15-13(5-6-30)29(28-27-15)17-24-7-10(20)8-25-17/h2-4,7-8,30H,5-6H2,1H3. The first-order valence-corrected chi connectivity index (χ1v) is 9.00. The number of hydrogen-bond donors (Lipinski definition) is 1. The number of carbonyl (C=O) groups is 1. The van der Waals surface area contributed by atoms with Gasteiger partial charge >= 0.3 is 6.18 Å². The molecule has 31 heavy (non-hydrogen) atoms. The molecule has 0 aliphatic heterocycles. The molecule has 0 fully saturated rings. The number of nitrogens with zero attached hydrogens (tertiary/aromatic N) is 6. The largest absolute Gasteiger partial charge is 0.417 e. The minimum absolute atomic E-state index is 0.00837. The maximum atomic E-state index is 13.1. The van der Waals surface area contributed by atoms with Gasteiger partial charge in [-0.15, -0.1) is 5.10 Å². The summed E-state index contributed by atoms with van der Waals surface area (Å²) in [6, 6.07) is 2.92. The Morgan fingerprint density at radius 3 is 2.55 bits per heavy atom. The monoisotopic (exact) mass is 456 g/mol. The van der Waals surface area contributed by atoms with E-state index in [-0.39, 0.29) is 36.1 Å². The van der Waals surface area contributed by atoms with Gasteiger partial charge in [0.1, 0.15) is 5.69 Å². The number of carbonyl (C=O) groups excluding carboxylic acids is 1. The molecule has 0 saturated heterocycles. The lowest BCUT2D eigenvalue weighted by atomic mass is 10.1. The van der Waals surface area contributed by atoms with Crippen LogP contribution < -0.4 is 0 Å². The molecule has 1 N–H and O–H groups in total. The van der Waals surface area contributed by atoms with Gasteiger partial charge in [0, 0.05) is 13.0 Å². The predicted molar refractivity (Wildman–Crippen MR) is 101 cm³/mol. The van der Waals surface area contributed by atoms with E-state index in [1.165, 1.54) is 6.92 Å². The van der Waals surface area contributed by atoms with Crippen molar-refractivity contribution in [3.63, 3.8) is 0 Å². The lowest BCUT2D eigenvalue weighted by Gasteiger charge is -2.10. The van der Waals surface area contributed by atoms with Gasteiger partial charge < -0.3 is 5.11 Å². The Labute approximate surface area is 177 Å². The molecular weight excluding hydrogens is 444 g/mol. The molecule has 0 bridgehead atoms. The average molecular weight is 457 g/mol. The first kappa shape index (κ1) is 22.4. The van der Waals surface area contributed by atoms with E-state index in [0.29, 0.717) is 0 Å². The van der Waals surface area contributed by atoms with Gasteiger partial charge in [-0.05, 0) is 19.1 Å². The summed E-state index contributed by atoms with van der Waals surface area (Å²) >= 11 is 5.77. The number of benzene rings is 1. The van der Waals surface area contributed by atoms with Crippen LogP contribution in [0.3, 0.4) is 0 Å². The van der Waals surface area contributed by atoms with Gasteiger partial charge in [0.05, 0.1) is 39.9 Å². The fraction of sp³-hybridized carbons (Fsp3) is 0.222. The second-order valence-corrected chi connectivity index (χ2v) is 6.52. The number of halogens is 5. The highest BCUT2D eigenvalue weighted by Crippen LogP contribution is 2.36. The predicted octanol–water partition coefficient (Wildman–Crippen LogP) is 3.05. The molecule has 0 spiro atoms. The zero-order valence-electron chi connectivity index (χ0n) is 15.7. The maximum absolute atomic E-state index is 13.1. The molecule has 3 aromatic rings. The number of alkyl halides is 3. The summed E-state index contributed by atoms with van der Waals surface area (Å²) in [5, 5.41) is 16.3. The Kier molecular flexibility index (Phi) is 6.41. The van der Waals surface area contributed by atoms with E-state index in [1.807, 2.05) is 0 Å². The minimum Gasteiger partial charge on any atom is -0.396 e. The zero-order chi connectivity index (χ0) is 22.8. The van der Waals surface area contributed by atoms with E-state index in [1.54, 1.807) is 0 Å². The molecule has 0 radical (unpaired) electrons. The second kappa shape index (κ2) is 8.86. The second-order valence-electron chi connectivity index (χ2n) is 6.14. The Bertz CT molecular complexity index is 1140. The normalized spacial score (nSPS) is 12.3. The van der Waals surface area contributed by atoms with Gasteiger partial charge in [0.25, 0.3) is 11.9 Å². The number of hydrogen-bond acceptors (Lipinski definition) is 6. The molecule has 0 aliphatic carbocycles. The zero-order valence-corrected chi connectivity index (χ0v) is 16.5. The van der Waals surface area contributed by atoms with E-state index >= 15 is 0 Å². The number of rotatable bonds is 5. The highest BCUT2D eigenvalue weighted by atomic mass is 35.5. The molecule has 2 aromatic heterocycles. The van der Waals surface area contributed by atoms with E-state index in [9.17, 15) is 27.5 Å². The van der Waals surface area contributed by atoms with Gasteiger partial charge in [-0.1, -0.05) is 22.9 Å². The number of aromatic nitrogens is 5. The van der Waals surface area contributed by atoms with E-state index in [0.717, 1.165) is 35.3 Å². The Morgan fingerprint density at radius 1 is 1.26 bits per heavy atom. The maximum Gasteiger partial charge on any atom is 0.417 e.